The van der Waals surface area contributed by atoms with Crippen LogP contribution in [-0.4, -0.2) is 30.3 Å². The van der Waals surface area contributed by atoms with Crippen LogP contribution in [0.2, 0.25) is 0 Å². The van der Waals surface area contributed by atoms with E-state index in [9.17, 15) is 0 Å². The molecule has 1 saturated heterocycles. The molecule has 0 spiro atoms. The summed E-state index contributed by atoms with van der Waals surface area (Å²) < 4.78 is 5.93. The van der Waals surface area contributed by atoms with Gasteiger partial charge in [-0.05, 0) is 37.0 Å². The minimum Gasteiger partial charge on any atom is -0.374 e. The van der Waals surface area contributed by atoms with E-state index in [1.807, 2.05) is 6.20 Å². The Hall–Kier alpha value is -0.800. The van der Waals surface area contributed by atoms with Gasteiger partial charge in [0.1, 0.15) is 5.82 Å². The molecule has 2 heterocycles. The number of pyridine rings is 1. The summed E-state index contributed by atoms with van der Waals surface area (Å²) in [6, 6.07) is 2.67. The molecule has 1 aromatic heterocycles. The molecule has 2 fully saturated rings. The van der Waals surface area contributed by atoms with Crippen molar-refractivity contribution >= 4 is 17.4 Å². The molecule has 0 aromatic carbocycles. The van der Waals surface area contributed by atoms with E-state index in [0.717, 1.165) is 24.5 Å². The lowest BCUT2D eigenvalue weighted by atomic mass is 9.90. The van der Waals surface area contributed by atoms with Gasteiger partial charge in [0.05, 0.1) is 18.8 Å². The van der Waals surface area contributed by atoms with Gasteiger partial charge in [-0.25, -0.2) is 4.98 Å². The van der Waals surface area contributed by atoms with Crippen molar-refractivity contribution in [2.45, 2.75) is 50.6 Å². The molecule has 2 aliphatic rings. The van der Waals surface area contributed by atoms with Gasteiger partial charge in [0.15, 0.2) is 0 Å². The fourth-order valence-electron chi connectivity index (χ4n) is 3.36. The number of rotatable bonds is 2. The standard InChI is InChI=1S/C15H21ClN2O/c1-11-8-12(9-16)10-17-15(11)18-6-7-19-14-5-3-2-4-13(14)18/h8,10,13-14H,2-7,9H2,1H3. The maximum atomic E-state index is 5.93. The Morgan fingerprint density at radius 2 is 2.26 bits per heavy atom. The number of anilines is 1. The summed E-state index contributed by atoms with van der Waals surface area (Å²) in [4.78, 5) is 7.11. The smallest absolute Gasteiger partial charge is 0.131 e. The first kappa shape index (κ1) is 13.2. The van der Waals surface area contributed by atoms with Crippen LogP contribution in [0.4, 0.5) is 5.82 Å². The molecule has 1 aromatic rings. The number of aryl methyl sites for hydroxylation is 1. The molecule has 104 valence electrons. The predicted octanol–water partition coefficient (Wildman–Crippen LogP) is 3.28. The van der Waals surface area contributed by atoms with Gasteiger partial charge in [-0.1, -0.05) is 12.8 Å². The summed E-state index contributed by atoms with van der Waals surface area (Å²) >= 11 is 5.87. The van der Waals surface area contributed by atoms with E-state index < -0.39 is 0 Å². The number of ether oxygens (including phenoxy) is 1. The van der Waals surface area contributed by atoms with Gasteiger partial charge in [0.2, 0.25) is 0 Å². The van der Waals surface area contributed by atoms with Crippen molar-refractivity contribution < 1.29 is 4.74 Å². The van der Waals surface area contributed by atoms with Crippen molar-refractivity contribution in [1.29, 1.82) is 0 Å². The highest BCUT2D eigenvalue weighted by molar-refractivity contribution is 6.17. The third kappa shape index (κ3) is 2.59. The Kier molecular flexibility index (Phi) is 3.94. The number of nitrogens with zero attached hydrogens (tertiary/aromatic N) is 2. The number of halogens is 1. The van der Waals surface area contributed by atoms with E-state index in [-0.39, 0.29) is 0 Å². The molecule has 2 atom stereocenters. The van der Waals surface area contributed by atoms with Gasteiger partial charge in [-0.15, -0.1) is 11.6 Å². The first-order chi connectivity index (χ1) is 9.29. The van der Waals surface area contributed by atoms with Crippen molar-refractivity contribution in [1.82, 2.24) is 4.98 Å². The van der Waals surface area contributed by atoms with Crippen LogP contribution in [0.25, 0.3) is 0 Å². The summed E-state index contributed by atoms with van der Waals surface area (Å²) in [5.74, 6) is 1.65. The number of aromatic nitrogens is 1. The van der Waals surface area contributed by atoms with E-state index in [4.69, 9.17) is 16.3 Å². The molecule has 2 unspecified atom stereocenters. The fraction of sp³-hybridized carbons (Fsp3) is 0.667. The second-order valence-corrected chi connectivity index (χ2v) is 5.84. The second-order valence-electron chi connectivity index (χ2n) is 5.57. The zero-order valence-electron chi connectivity index (χ0n) is 11.4. The third-order valence-corrected chi connectivity index (χ3v) is 4.57. The average Bonchev–Trinajstić information content (AvgIpc) is 2.46. The van der Waals surface area contributed by atoms with Gasteiger partial charge < -0.3 is 9.64 Å². The maximum Gasteiger partial charge on any atom is 0.131 e. The molecule has 0 bridgehead atoms. The highest BCUT2D eigenvalue weighted by Gasteiger charge is 2.35. The van der Waals surface area contributed by atoms with Crippen LogP contribution >= 0.6 is 11.6 Å². The highest BCUT2D eigenvalue weighted by Crippen LogP contribution is 2.32. The van der Waals surface area contributed by atoms with Gasteiger partial charge in [-0.2, -0.15) is 0 Å². The number of hydrogen-bond donors (Lipinski definition) is 0. The Morgan fingerprint density at radius 1 is 1.42 bits per heavy atom. The average molecular weight is 281 g/mol. The fourth-order valence-corrected chi connectivity index (χ4v) is 3.51. The molecular formula is C15H21ClN2O. The largest absolute Gasteiger partial charge is 0.374 e. The van der Waals surface area contributed by atoms with Crippen molar-refractivity contribution in [3.05, 3.63) is 23.4 Å². The van der Waals surface area contributed by atoms with Gasteiger partial charge in [0.25, 0.3) is 0 Å². The highest BCUT2D eigenvalue weighted by atomic mass is 35.5. The SMILES string of the molecule is Cc1cc(CCl)cnc1N1CCOC2CCCCC21. The maximum absolute atomic E-state index is 5.93. The van der Waals surface area contributed by atoms with Crippen LogP contribution in [0, 0.1) is 6.92 Å². The molecule has 1 aliphatic heterocycles. The minimum atomic E-state index is 0.399. The van der Waals surface area contributed by atoms with E-state index in [1.165, 1.54) is 31.2 Å². The first-order valence-electron chi connectivity index (χ1n) is 7.19. The Balaban J connectivity index is 1.87. The molecule has 0 amide bonds. The quantitative estimate of drug-likeness (QED) is 0.778. The monoisotopic (exact) mass is 280 g/mol. The summed E-state index contributed by atoms with van der Waals surface area (Å²) in [5.41, 5.74) is 2.32. The van der Waals surface area contributed by atoms with Crippen molar-refractivity contribution in [2.24, 2.45) is 0 Å². The Bertz CT molecular complexity index is 450. The lowest BCUT2D eigenvalue weighted by molar-refractivity contribution is -0.00903. The molecule has 3 nitrogen and oxygen atoms in total. The predicted molar refractivity (Wildman–Crippen MR) is 77.9 cm³/mol. The Labute approximate surface area is 119 Å². The van der Waals surface area contributed by atoms with E-state index >= 15 is 0 Å². The molecule has 1 saturated carbocycles. The van der Waals surface area contributed by atoms with Crippen LogP contribution < -0.4 is 4.90 Å². The lowest BCUT2D eigenvalue weighted by Gasteiger charge is -2.44. The molecule has 3 rings (SSSR count). The summed E-state index contributed by atoms with van der Waals surface area (Å²) in [6.07, 6.45) is 7.33. The first-order valence-corrected chi connectivity index (χ1v) is 7.73. The summed E-state index contributed by atoms with van der Waals surface area (Å²) in [6.45, 7) is 3.90. The van der Waals surface area contributed by atoms with Crippen molar-refractivity contribution in [3.8, 4) is 0 Å². The number of fused-ring (bicyclic) bond motifs is 1. The molecule has 0 N–H and O–H groups in total. The van der Waals surface area contributed by atoms with Crippen LogP contribution in [0.5, 0.6) is 0 Å². The summed E-state index contributed by atoms with van der Waals surface area (Å²) in [5, 5.41) is 0. The molecule has 0 radical (unpaired) electrons. The second kappa shape index (κ2) is 5.68. The van der Waals surface area contributed by atoms with E-state index in [1.54, 1.807) is 0 Å². The minimum absolute atomic E-state index is 0.399. The van der Waals surface area contributed by atoms with Crippen LogP contribution in [0.3, 0.4) is 0 Å². The third-order valence-electron chi connectivity index (χ3n) is 4.27. The van der Waals surface area contributed by atoms with E-state index in [2.05, 4.69) is 22.9 Å². The number of morpholine rings is 1. The van der Waals surface area contributed by atoms with Crippen LogP contribution in [0.15, 0.2) is 12.3 Å². The zero-order chi connectivity index (χ0) is 13.2. The number of alkyl halides is 1. The summed E-state index contributed by atoms with van der Waals surface area (Å²) in [7, 11) is 0. The molecular weight excluding hydrogens is 260 g/mol. The van der Waals surface area contributed by atoms with Crippen molar-refractivity contribution in [3.63, 3.8) is 0 Å². The van der Waals surface area contributed by atoms with Gasteiger partial charge in [0, 0.05) is 18.6 Å². The van der Waals surface area contributed by atoms with Crippen LogP contribution in [-0.2, 0) is 10.6 Å². The molecule has 4 heteroatoms. The number of hydrogen-bond acceptors (Lipinski definition) is 3. The molecule has 19 heavy (non-hydrogen) atoms. The lowest BCUT2D eigenvalue weighted by Crippen LogP contribution is -2.53. The van der Waals surface area contributed by atoms with Crippen LogP contribution in [0.1, 0.15) is 36.8 Å². The van der Waals surface area contributed by atoms with Gasteiger partial charge >= 0.3 is 0 Å². The normalized spacial score (nSPS) is 27.2. The van der Waals surface area contributed by atoms with Crippen molar-refractivity contribution in [2.75, 3.05) is 18.1 Å². The molecule has 1 aliphatic carbocycles. The zero-order valence-corrected chi connectivity index (χ0v) is 12.2. The Morgan fingerprint density at radius 3 is 3.05 bits per heavy atom. The van der Waals surface area contributed by atoms with E-state index in [0.29, 0.717) is 18.0 Å². The topological polar surface area (TPSA) is 25.4 Å². The van der Waals surface area contributed by atoms with Gasteiger partial charge in [-0.3, -0.25) is 0 Å².